The average Bonchev–Trinajstić information content (AvgIpc) is 2.91. The van der Waals surface area contributed by atoms with Gasteiger partial charge in [0.25, 0.3) is 0 Å². The minimum absolute atomic E-state index is 0. The molecule has 0 spiro atoms. The van der Waals surface area contributed by atoms with Crippen molar-refractivity contribution in [3.63, 3.8) is 0 Å². The maximum Gasteiger partial charge on any atom is 0.191 e. The van der Waals surface area contributed by atoms with Crippen LogP contribution < -0.4 is 10.6 Å². The van der Waals surface area contributed by atoms with Crippen molar-refractivity contribution < 1.29 is 4.39 Å². The van der Waals surface area contributed by atoms with E-state index in [0.29, 0.717) is 18.0 Å². The van der Waals surface area contributed by atoms with Crippen molar-refractivity contribution in [2.45, 2.75) is 26.8 Å². The van der Waals surface area contributed by atoms with Gasteiger partial charge in [-0.05, 0) is 57.0 Å². The van der Waals surface area contributed by atoms with Gasteiger partial charge in [-0.2, -0.15) is 0 Å². The van der Waals surface area contributed by atoms with Gasteiger partial charge in [-0.15, -0.1) is 24.0 Å². The monoisotopic (exact) mass is 434 g/mol. The molecule has 1 fully saturated rings. The van der Waals surface area contributed by atoms with Gasteiger partial charge in [-0.25, -0.2) is 9.38 Å². The minimum Gasteiger partial charge on any atom is -0.357 e. The average molecular weight is 434 g/mol. The maximum absolute atomic E-state index is 13.6. The molecule has 1 atom stereocenters. The number of likely N-dealkylation sites (tertiary alicyclic amines) is 1. The Balaban J connectivity index is 0.00000264. The van der Waals surface area contributed by atoms with Gasteiger partial charge in [0.15, 0.2) is 5.96 Å². The quantitative estimate of drug-likeness (QED) is 0.426. The first-order valence-corrected chi connectivity index (χ1v) is 8.04. The second-order valence-electron chi connectivity index (χ2n) is 6.08. The van der Waals surface area contributed by atoms with Gasteiger partial charge in [0.1, 0.15) is 5.82 Å². The van der Waals surface area contributed by atoms with Crippen LogP contribution in [0.15, 0.2) is 23.2 Å². The third kappa shape index (κ3) is 6.63. The molecule has 4 nitrogen and oxygen atoms in total. The molecule has 0 amide bonds. The number of nitrogens with zero attached hydrogens (tertiary/aromatic N) is 2. The Hall–Kier alpha value is -0.890. The summed E-state index contributed by atoms with van der Waals surface area (Å²) in [5.74, 6) is 1.31. The summed E-state index contributed by atoms with van der Waals surface area (Å²) in [6.07, 6.45) is 1.23. The van der Waals surface area contributed by atoms with Crippen LogP contribution in [0, 0.1) is 18.7 Å². The third-order valence-corrected chi connectivity index (χ3v) is 4.05. The van der Waals surface area contributed by atoms with E-state index in [2.05, 4.69) is 27.6 Å². The molecule has 2 rings (SSSR count). The van der Waals surface area contributed by atoms with E-state index in [1.165, 1.54) is 13.0 Å². The lowest BCUT2D eigenvalue weighted by Crippen LogP contribution is -2.40. The molecule has 0 aliphatic carbocycles. The maximum atomic E-state index is 13.6. The van der Waals surface area contributed by atoms with E-state index in [0.717, 1.165) is 31.2 Å². The van der Waals surface area contributed by atoms with E-state index in [1.54, 1.807) is 19.1 Å². The minimum atomic E-state index is -0.167. The molecular formula is C17H28FIN4. The molecule has 0 aromatic heterocycles. The number of halogens is 2. The topological polar surface area (TPSA) is 39.7 Å². The second kappa shape index (κ2) is 10.1. The summed E-state index contributed by atoms with van der Waals surface area (Å²) in [6, 6.07) is 5.29. The van der Waals surface area contributed by atoms with Gasteiger partial charge in [0.05, 0.1) is 6.54 Å². The number of aliphatic imine (C=N–C) groups is 1. The Morgan fingerprint density at radius 3 is 2.78 bits per heavy atom. The summed E-state index contributed by atoms with van der Waals surface area (Å²) in [4.78, 5) is 6.90. The van der Waals surface area contributed by atoms with E-state index >= 15 is 0 Å². The Morgan fingerprint density at radius 2 is 2.17 bits per heavy atom. The standard InChI is InChI=1S/C17H27FN4.HI/c1-4-19-17(21-11-15-7-8-22(3)12-15)20-10-14-6-5-13(2)16(18)9-14;/h5-6,9,15H,4,7-8,10-12H2,1-3H3,(H2,19,20,21);1H. The fourth-order valence-electron chi connectivity index (χ4n) is 2.68. The number of benzene rings is 1. The van der Waals surface area contributed by atoms with Crippen LogP contribution in [-0.4, -0.2) is 44.1 Å². The molecule has 1 aliphatic rings. The van der Waals surface area contributed by atoms with E-state index in [-0.39, 0.29) is 29.8 Å². The van der Waals surface area contributed by atoms with Gasteiger partial charge in [0.2, 0.25) is 0 Å². The molecule has 1 unspecified atom stereocenters. The van der Waals surface area contributed by atoms with Crippen LogP contribution in [0.5, 0.6) is 0 Å². The number of nitrogens with one attached hydrogen (secondary N) is 2. The molecule has 23 heavy (non-hydrogen) atoms. The molecule has 1 heterocycles. The van der Waals surface area contributed by atoms with Crippen molar-refractivity contribution in [3.8, 4) is 0 Å². The largest absolute Gasteiger partial charge is 0.357 e. The Morgan fingerprint density at radius 1 is 1.39 bits per heavy atom. The van der Waals surface area contributed by atoms with E-state index < -0.39 is 0 Å². The smallest absolute Gasteiger partial charge is 0.191 e. The lowest BCUT2D eigenvalue weighted by Gasteiger charge is -2.15. The van der Waals surface area contributed by atoms with Gasteiger partial charge < -0.3 is 15.5 Å². The van der Waals surface area contributed by atoms with Crippen molar-refractivity contribution in [2.24, 2.45) is 10.9 Å². The highest BCUT2D eigenvalue weighted by Crippen LogP contribution is 2.13. The highest BCUT2D eigenvalue weighted by atomic mass is 127. The lowest BCUT2D eigenvalue weighted by atomic mass is 10.1. The van der Waals surface area contributed by atoms with Crippen molar-refractivity contribution >= 4 is 29.9 Å². The highest BCUT2D eigenvalue weighted by Gasteiger charge is 2.19. The summed E-state index contributed by atoms with van der Waals surface area (Å²) in [5, 5.41) is 6.64. The van der Waals surface area contributed by atoms with Gasteiger partial charge in [0, 0.05) is 19.6 Å². The molecule has 2 N–H and O–H groups in total. The van der Waals surface area contributed by atoms with Crippen molar-refractivity contribution in [1.29, 1.82) is 0 Å². The number of guanidine groups is 1. The summed E-state index contributed by atoms with van der Waals surface area (Å²) < 4.78 is 13.6. The van der Waals surface area contributed by atoms with E-state index in [1.807, 2.05) is 13.0 Å². The van der Waals surface area contributed by atoms with Crippen molar-refractivity contribution in [2.75, 3.05) is 33.2 Å². The molecule has 130 valence electrons. The number of aryl methyl sites for hydroxylation is 1. The molecule has 6 heteroatoms. The second-order valence-corrected chi connectivity index (χ2v) is 6.08. The molecule has 0 bridgehead atoms. The van der Waals surface area contributed by atoms with E-state index in [4.69, 9.17) is 0 Å². The number of hydrogen-bond donors (Lipinski definition) is 2. The molecule has 1 aromatic carbocycles. The van der Waals surface area contributed by atoms with Crippen LogP contribution >= 0.6 is 24.0 Å². The molecule has 1 aromatic rings. The predicted octanol–water partition coefficient (Wildman–Crippen LogP) is 2.76. The van der Waals surface area contributed by atoms with Crippen molar-refractivity contribution in [3.05, 3.63) is 35.1 Å². The Labute approximate surface area is 156 Å². The number of hydrogen-bond acceptors (Lipinski definition) is 2. The Bertz CT molecular complexity index is 521. The van der Waals surface area contributed by atoms with Gasteiger partial charge in [-0.3, -0.25) is 0 Å². The highest BCUT2D eigenvalue weighted by molar-refractivity contribution is 14.0. The summed E-state index contributed by atoms with van der Waals surface area (Å²) in [6.45, 7) is 8.35. The van der Waals surface area contributed by atoms with E-state index in [9.17, 15) is 4.39 Å². The zero-order valence-corrected chi connectivity index (χ0v) is 16.6. The Kier molecular flexibility index (Phi) is 8.83. The van der Waals surface area contributed by atoms with Crippen LogP contribution in [0.2, 0.25) is 0 Å². The predicted molar refractivity (Wildman–Crippen MR) is 105 cm³/mol. The molecule has 0 radical (unpaired) electrons. The fraction of sp³-hybridized carbons (Fsp3) is 0.588. The third-order valence-electron chi connectivity index (χ3n) is 4.05. The SMILES string of the molecule is CCNC(=NCc1ccc(C)c(F)c1)NCC1CCN(C)C1.I. The van der Waals surface area contributed by atoms with Crippen molar-refractivity contribution in [1.82, 2.24) is 15.5 Å². The summed E-state index contributed by atoms with van der Waals surface area (Å²) in [5.41, 5.74) is 1.56. The first-order valence-electron chi connectivity index (χ1n) is 8.04. The zero-order chi connectivity index (χ0) is 15.9. The molecule has 1 aliphatic heterocycles. The zero-order valence-electron chi connectivity index (χ0n) is 14.2. The first-order chi connectivity index (χ1) is 10.6. The molecular weight excluding hydrogens is 406 g/mol. The van der Waals surface area contributed by atoms with Crippen LogP contribution in [0.4, 0.5) is 4.39 Å². The number of rotatable bonds is 5. The van der Waals surface area contributed by atoms with Gasteiger partial charge >= 0.3 is 0 Å². The molecule has 1 saturated heterocycles. The van der Waals surface area contributed by atoms with Crippen LogP contribution in [-0.2, 0) is 6.54 Å². The summed E-state index contributed by atoms with van der Waals surface area (Å²) >= 11 is 0. The van der Waals surface area contributed by atoms with Crippen LogP contribution in [0.1, 0.15) is 24.5 Å². The lowest BCUT2D eigenvalue weighted by molar-refractivity contribution is 0.394. The van der Waals surface area contributed by atoms with Crippen LogP contribution in [0.25, 0.3) is 0 Å². The first kappa shape index (κ1) is 20.2. The summed E-state index contributed by atoms with van der Waals surface area (Å²) in [7, 11) is 2.16. The fourth-order valence-corrected chi connectivity index (χ4v) is 2.68. The normalized spacial score (nSPS) is 18.6. The van der Waals surface area contributed by atoms with Gasteiger partial charge in [-0.1, -0.05) is 12.1 Å². The molecule has 0 saturated carbocycles. The van der Waals surface area contributed by atoms with Crippen LogP contribution in [0.3, 0.4) is 0 Å².